The molecule has 2 atom stereocenters. The maximum Gasteiger partial charge on any atom is 0.416 e. The molecule has 174 valence electrons. The molecule has 1 aliphatic rings. The highest BCUT2D eigenvalue weighted by Crippen LogP contribution is 2.39. The minimum atomic E-state index is -4.61. The van der Waals surface area contributed by atoms with Gasteiger partial charge in [-0.25, -0.2) is 8.78 Å². The molecule has 1 saturated carbocycles. The topological polar surface area (TPSA) is 91.2 Å². The largest absolute Gasteiger partial charge is 0.507 e. The Labute approximate surface area is 184 Å². The molecule has 0 amide bonds. The van der Waals surface area contributed by atoms with Crippen LogP contribution >= 0.6 is 0 Å². The molecule has 33 heavy (non-hydrogen) atoms. The fourth-order valence-electron chi connectivity index (χ4n) is 3.97. The summed E-state index contributed by atoms with van der Waals surface area (Å²) < 4.78 is 64.3. The Balaban J connectivity index is 1.71. The molecule has 0 radical (unpaired) electrons. The fourth-order valence-corrected chi connectivity index (χ4v) is 3.97. The molecule has 2 heterocycles. The van der Waals surface area contributed by atoms with Crippen LogP contribution in [0.2, 0.25) is 0 Å². The van der Waals surface area contributed by atoms with Crippen LogP contribution in [0.1, 0.15) is 24.8 Å². The number of anilines is 1. The van der Waals surface area contributed by atoms with Crippen LogP contribution in [0.25, 0.3) is 22.0 Å². The van der Waals surface area contributed by atoms with E-state index >= 15 is 0 Å². The number of aromatic nitrogens is 3. The number of hydrogen-bond donors (Lipinski definition) is 3. The van der Waals surface area contributed by atoms with Gasteiger partial charge in [0.05, 0.1) is 17.7 Å². The van der Waals surface area contributed by atoms with Crippen LogP contribution in [-0.2, 0) is 6.18 Å². The number of halogens is 5. The molecule has 1 fully saturated rings. The molecule has 2 unspecified atom stereocenters. The molecule has 0 aliphatic heterocycles. The summed E-state index contributed by atoms with van der Waals surface area (Å²) in [6, 6.07) is 3.55. The molecule has 0 spiro atoms. The lowest BCUT2D eigenvalue weighted by atomic mass is 9.87. The van der Waals surface area contributed by atoms with E-state index in [1.54, 1.807) is 6.07 Å². The van der Waals surface area contributed by atoms with Gasteiger partial charge in [0.25, 0.3) is 6.43 Å². The molecule has 2 aromatic heterocycles. The number of aromatic hydroxyl groups is 1. The summed E-state index contributed by atoms with van der Waals surface area (Å²) in [5, 5.41) is 32.9. The summed E-state index contributed by atoms with van der Waals surface area (Å²) in [5.74, 6) is -0.377. The van der Waals surface area contributed by atoms with Crippen molar-refractivity contribution >= 4 is 16.6 Å². The zero-order chi connectivity index (χ0) is 23.8. The molecule has 0 saturated heterocycles. The monoisotopic (exact) mass is 466 g/mol. The van der Waals surface area contributed by atoms with Crippen LogP contribution in [0.5, 0.6) is 5.75 Å². The van der Waals surface area contributed by atoms with Crippen LogP contribution in [0, 0.1) is 0 Å². The molecule has 0 bridgehead atoms. The molecule has 6 nitrogen and oxygen atoms in total. The standard InChI is InChI=1S/C22H19F5N4O2/c23-18(24)8-11-2-1-3-16(20(11)33)29-21-15-10-28-7-6-13(15)19(30-31-21)14-5-4-12(9-17(14)32)22(25,26)27/h4-10,16,18,20,32-33H,1-3H2,(H,29,31). The van der Waals surface area contributed by atoms with Crippen molar-refractivity contribution in [3.63, 3.8) is 0 Å². The minimum absolute atomic E-state index is 0.0538. The molecule has 1 aliphatic carbocycles. The number of phenols is 1. The Kier molecular flexibility index (Phi) is 6.15. The third kappa shape index (κ3) is 4.72. The quantitative estimate of drug-likeness (QED) is 0.373. The number of nitrogens with zero attached hydrogens (tertiary/aromatic N) is 3. The Morgan fingerprint density at radius 2 is 1.91 bits per heavy atom. The van der Waals surface area contributed by atoms with E-state index in [0.29, 0.717) is 36.1 Å². The second-order valence-corrected chi connectivity index (χ2v) is 7.71. The maximum atomic E-state index is 12.9. The number of hydrogen-bond acceptors (Lipinski definition) is 6. The second kappa shape index (κ2) is 8.89. The first-order valence-corrected chi connectivity index (χ1v) is 10.1. The first-order chi connectivity index (χ1) is 15.6. The summed E-state index contributed by atoms with van der Waals surface area (Å²) in [6.45, 7) is 0. The van der Waals surface area contributed by atoms with Gasteiger partial charge in [-0.2, -0.15) is 13.2 Å². The van der Waals surface area contributed by atoms with E-state index in [0.717, 1.165) is 18.2 Å². The molecule has 3 aromatic rings. The number of aliphatic hydroxyl groups is 1. The zero-order valence-corrected chi connectivity index (χ0v) is 17.0. The first kappa shape index (κ1) is 22.8. The average molecular weight is 466 g/mol. The zero-order valence-electron chi connectivity index (χ0n) is 17.0. The van der Waals surface area contributed by atoms with Gasteiger partial charge < -0.3 is 15.5 Å². The Morgan fingerprint density at radius 1 is 1.12 bits per heavy atom. The lowest BCUT2D eigenvalue weighted by molar-refractivity contribution is -0.137. The van der Waals surface area contributed by atoms with Gasteiger partial charge in [0, 0.05) is 28.7 Å². The lowest BCUT2D eigenvalue weighted by Gasteiger charge is -2.31. The van der Waals surface area contributed by atoms with Crippen LogP contribution < -0.4 is 5.32 Å². The highest BCUT2D eigenvalue weighted by molar-refractivity contribution is 6.00. The summed E-state index contributed by atoms with van der Waals surface area (Å²) in [5.41, 5.74) is -0.555. The molecule has 3 N–H and O–H groups in total. The number of phenolic OH excluding ortho intramolecular Hbond substituents is 1. The van der Waals surface area contributed by atoms with Gasteiger partial charge in [-0.15, -0.1) is 10.2 Å². The predicted octanol–water partition coefficient (Wildman–Crippen LogP) is 4.93. The second-order valence-electron chi connectivity index (χ2n) is 7.71. The first-order valence-electron chi connectivity index (χ1n) is 10.1. The number of fused-ring (bicyclic) bond motifs is 1. The third-order valence-corrected chi connectivity index (χ3v) is 5.57. The van der Waals surface area contributed by atoms with Gasteiger partial charge in [0.15, 0.2) is 5.82 Å². The summed E-state index contributed by atoms with van der Waals surface area (Å²) in [6.07, 6.45) is -3.29. The molecule has 4 rings (SSSR count). The number of aliphatic hydroxyl groups excluding tert-OH is 1. The Hall–Kier alpha value is -3.34. The van der Waals surface area contributed by atoms with Crippen molar-refractivity contribution in [2.45, 2.75) is 44.0 Å². The predicted molar refractivity (Wildman–Crippen MR) is 111 cm³/mol. The van der Waals surface area contributed by atoms with Gasteiger partial charge >= 0.3 is 6.18 Å². The van der Waals surface area contributed by atoms with Crippen molar-refractivity contribution in [2.75, 3.05) is 5.32 Å². The SMILES string of the molecule is Oc1cc(C(F)(F)F)ccc1-c1nnc(NC2CCCC(=CC(F)F)C2O)c2cnccc12. The number of alkyl halides is 5. The van der Waals surface area contributed by atoms with Crippen LogP contribution in [0.15, 0.2) is 48.3 Å². The lowest BCUT2D eigenvalue weighted by Crippen LogP contribution is -2.38. The molecular weight excluding hydrogens is 447 g/mol. The smallest absolute Gasteiger partial charge is 0.416 e. The summed E-state index contributed by atoms with van der Waals surface area (Å²) >= 11 is 0. The van der Waals surface area contributed by atoms with Crippen molar-refractivity contribution in [1.29, 1.82) is 0 Å². The van der Waals surface area contributed by atoms with Crippen LogP contribution in [-0.4, -0.2) is 44.0 Å². The van der Waals surface area contributed by atoms with Gasteiger partial charge in [0.1, 0.15) is 11.4 Å². The normalized spacial score (nSPS) is 20.5. The van der Waals surface area contributed by atoms with Gasteiger partial charge in [-0.05, 0) is 55.2 Å². The number of rotatable bonds is 4. The minimum Gasteiger partial charge on any atom is -0.507 e. The van der Waals surface area contributed by atoms with Gasteiger partial charge in [-0.1, -0.05) is 0 Å². The van der Waals surface area contributed by atoms with E-state index in [2.05, 4.69) is 20.5 Å². The van der Waals surface area contributed by atoms with E-state index in [1.165, 1.54) is 12.4 Å². The highest BCUT2D eigenvalue weighted by Gasteiger charge is 2.32. The molecular formula is C22H19F5N4O2. The van der Waals surface area contributed by atoms with Crippen molar-refractivity contribution in [1.82, 2.24) is 15.2 Å². The average Bonchev–Trinajstić information content (AvgIpc) is 2.76. The van der Waals surface area contributed by atoms with E-state index in [4.69, 9.17) is 0 Å². The summed E-state index contributed by atoms with van der Waals surface area (Å²) in [4.78, 5) is 4.05. The summed E-state index contributed by atoms with van der Waals surface area (Å²) in [7, 11) is 0. The van der Waals surface area contributed by atoms with E-state index in [1.807, 2.05) is 0 Å². The van der Waals surface area contributed by atoms with Crippen molar-refractivity contribution < 1.29 is 32.2 Å². The molecule has 1 aromatic carbocycles. The fraction of sp³-hybridized carbons (Fsp3) is 0.318. The highest BCUT2D eigenvalue weighted by atomic mass is 19.4. The van der Waals surface area contributed by atoms with E-state index in [9.17, 15) is 32.2 Å². The van der Waals surface area contributed by atoms with Crippen LogP contribution in [0.3, 0.4) is 0 Å². The Bertz CT molecular complexity index is 1200. The van der Waals surface area contributed by atoms with Crippen molar-refractivity contribution in [2.24, 2.45) is 0 Å². The van der Waals surface area contributed by atoms with Crippen molar-refractivity contribution in [3.05, 3.63) is 53.9 Å². The Morgan fingerprint density at radius 3 is 2.61 bits per heavy atom. The van der Waals surface area contributed by atoms with Gasteiger partial charge in [-0.3, -0.25) is 4.98 Å². The number of benzene rings is 1. The molecule has 11 heteroatoms. The maximum absolute atomic E-state index is 12.9. The third-order valence-electron chi connectivity index (χ3n) is 5.57. The number of allylic oxidation sites excluding steroid dienone is 1. The van der Waals surface area contributed by atoms with E-state index < -0.39 is 36.1 Å². The number of nitrogens with one attached hydrogen (secondary N) is 1. The number of pyridine rings is 1. The van der Waals surface area contributed by atoms with Crippen molar-refractivity contribution in [3.8, 4) is 17.0 Å². The van der Waals surface area contributed by atoms with Gasteiger partial charge in [0.2, 0.25) is 0 Å². The van der Waals surface area contributed by atoms with E-state index in [-0.39, 0.29) is 22.6 Å². The van der Waals surface area contributed by atoms with Crippen LogP contribution in [0.4, 0.5) is 27.8 Å².